The van der Waals surface area contributed by atoms with Crippen molar-refractivity contribution < 1.29 is 9.13 Å². The average Bonchev–Trinajstić information content (AvgIpc) is 2.50. The minimum absolute atomic E-state index is 0.161. The highest BCUT2D eigenvalue weighted by atomic mass is 19.1. The van der Waals surface area contributed by atoms with E-state index in [0.29, 0.717) is 5.56 Å². The summed E-state index contributed by atoms with van der Waals surface area (Å²) in [5.41, 5.74) is 1.66. The van der Waals surface area contributed by atoms with Crippen LogP contribution in [0.3, 0.4) is 0 Å². The van der Waals surface area contributed by atoms with Gasteiger partial charge in [0.25, 0.3) is 0 Å². The third kappa shape index (κ3) is 3.17. The number of hydrogen-bond acceptors (Lipinski definition) is 2. The van der Waals surface area contributed by atoms with Gasteiger partial charge in [-0.3, -0.25) is 0 Å². The van der Waals surface area contributed by atoms with Crippen molar-refractivity contribution in [2.24, 2.45) is 0 Å². The summed E-state index contributed by atoms with van der Waals surface area (Å²) in [5.74, 6) is -0.0193. The second kappa shape index (κ2) is 7.06. The van der Waals surface area contributed by atoms with E-state index >= 15 is 0 Å². The van der Waals surface area contributed by atoms with E-state index in [1.54, 1.807) is 12.1 Å². The second-order valence-corrected chi connectivity index (χ2v) is 4.66. The van der Waals surface area contributed by atoms with Gasteiger partial charge in [-0.25, -0.2) is 4.39 Å². The fourth-order valence-corrected chi connectivity index (χ4v) is 2.25. The lowest BCUT2D eigenvalue weighted by Gasteiger charge is -2.21. The van der Waals surface area contributed by atoms with E-state index in [1.807, 2.05) is 36.4 Å². The zero-order valence-corrected chi connectivity index (χ0v) is 11.9. The van der Waals surface area contributed by atoms with Gasteiger partial charge in [0.15, 0.2) is 11.6 Å². The smallest absolute Gasteiger partial charge is 0.170 e. The Kier molecular flexibility index (Phi) is 5.13. The third-order valence-electron chi connectivity index (χ3n) is 3.26. The molecule has 2 aromatic rings. The number of nitrogens with one attached hydrogen (secondary N) is 1. The Morgan fingerprint density at radius 3 is 2.50 bits per heavy atom. The molecule has 0 aliphatic carbocycles. The quantitative estimate of drug-likeness (QED) is 0.861. The summed E-state index contributed by atoms with van der Waals surface area (Å²) in [5, 5.41) is 3.40. The monoisotopic (exact) mass is 273 g/mol. The standard InChI is InChI=1S/C17H20FNO/c1-3-12-19-17(13-8-5-4-6-9-13)14-10-7-11-15(20-2)16(14)18/h4-11,17,19H,3,12H2,1-2H3. The lowest BCUT2D eigenvalue weighted by atomic mass is 9.97. The first-order chi connectivity index (χ1) is 9.77. The Labute approximate surface area is 119 Å². The normalized spacial score (nSPS) is 12.2. The van der Waals surface area contributed by atoms with Gasteiger partial charge in [0.2, 0.25) is 0 Å². The van der Waals surface area contributed by atoms with Crippen molar-refractivity contribution in [1.29, 1.82) is 0 Å². The molecule has 106 valence electrons. The van der Waals surface area contributed by atoms with Crippen molar-refractivity contribution in [3.63, 3.8) is 0 Å². The molecule has 0 aliphatic heterocycles. The number of halogens is 1. The highest BCUT2D eigenvalue weighted by Crippen LogP contribution is 2.29. The van der Waals surface area contributed by atoms with Crippen LogP contribution in [0.1, 0.15) is 30.5 Å². The van der Waals surface area contributed by atoms with Gasteiger partial charge in [-0.1, -0.05) is 49.4 Å². The van der Waals surface area contributed by atoms with E-state index in [1.165, 1.54) is 7.11 Å². The summed E-state index contributed by atoms with van der Waals surface area (Å²) in [6, 6.07) is 15.0. The Hall–Kier alpha value is -1.87. The van der Waals surface area contributed by atoms with Gasteiger partial charge < -0.3 is 10.1 Å². The molecule has 0 aromatic heterocycles. The van der Waals surface area contributed by atoms with Gasteiger partial charge in [-0.2, -0.15) is 0 Å². The topological polar surface area (TPSA) is 21.3 Å². The van der Waals surface area contributed by atoms with Crippen LogP contribution in [0.25, 0.3) is 0 Å². The maximum absolute atomic E-state index is 14.5. The van der Waals surface area contributed by atoms with Gasteiger partial charge in [0.05, 0.1) is 13.2 Å². The van der Waals surface area contributed by atoms with Crippen LogP contribution in [0.15, 0.2) is 48.5 Å². The zero-order chi connectivity index (χ0) is 14.4. The van der Waals surface area contributed by atoms with E-state index in [-0.39, 0.29) is 17.6 Å². The molecular weight excluding hydrogens is 253 g/mol. The summed E-state index contributed by atoms with van der Waals surface area (Å²) in [6.45, 7) is 2.92. The molecule has 2 nitrogen and oxygen atoms in total. The van der Waals surface area contributed by atoms with E-state index in [0.717, 1.165) is 18.5 Å². The predicted molar refractivity (Wildman–Crippen MR) is 79.5 cm³/mol. The Morgan fingerprint density at radius 2 is 1.85 bits per heavy atom. The van der Waals surface area contributed by atoms with E-state index in [4.69, 9.17) is 4.74 Å². The lowest BCUT2D eigenvalue weighted by Crippen LogP contribution is -2.24. The van der Waals surface area contributed by atoms with Crippen molar-refractivity contribution in [2.45, 2.75) is 19.4 Å². The van der Waals surface area contributed by atoms with Crippen molar-refractivity contribution >= 4 is 0 Å². The van der Waals surface area contributed by atoms with Crippen molar-refractivity contribution in [2.75, 3.05) is 13.7 Å². The minimum atomic E-state index is -0.299. The summed E-state index contributed by atoms with van der Waals surface area (Å²) < 4.78 is 19.5. The van der Waals surface area contributed by atoms with E-state index in [2.05, 4.69) is 12.2 Å². The van der Waals surface area contributed by atoms with Crippen LogP contribution in [-0.4, -0.2) is 13.7 Å². The molecule has 1 N–H and O–H groups in total. The third-order valence-corrected chi connectivity index (χ3v) is 3.26. The van der Waals surface area contributed by atoms with Crippen LogP contribution in [0.5, 0.6) is 5.75 Å². The predicted octanol–water partition coefficient (Wildman–Crippen LogP) is 3.92. The van der Waals surface area contributed by atoms with Gasteiger partial charge in [-0.15, -0.1) is 0 Å². The molecule has 0 spiro atoms. The SMILES string of the molecule is CCCNC(c1ccccc1)c1cccc(OC)c1F. The summed E-state index contributed by atoms with van der Waals surface area (Å²) in [4.78, 5) is 0. The summed E-state index contributed by atoms with van der Waals surface area (Å²) in [6.07, 6.45) is 0.995. The maximum atomic E-state index is 14.5. The molecule has 0 heterocycles. The second-order valence-electron chi connectivity index (χ2n) is 4.66. The molecule has 0 saturated heterocycles. The van der Waals surface area contributed by atoms with E-state index < -0.39 is 0 Å². The summed E-state index contributed by atoms with van der Waals surface area (Å²) >= 11 is 0. The molecule has 20 heavy (non-hydrogen) atoms. The Balaban J connectivity index is 2.41. The van der Waals surface area contributed by atoms with Crippen LogP contribution in [-0.2, 0) is 0 Å². The highest BCUT2D eigenvalue weighted by Gasteiger charge is 2.19. The molecular formula is C17H20FNO. The van der Waals surface area contributed by atoms with E-state index in [9.17, 15) is 4.39 Å². The molecule has 0 aliphatic rings. The number of rotatable bonds is 6. The largest absolute Gasteiger partial charge is 0.494 e. The van der Waals surface area contributed by atoms with Crippen LogP contribution in [0.2, 0.25) is 0 Å². The number of benzene rings is 2. The molecule has 3 heteroatoms. The van der Waals surface area contributed by atoms with Crippen LogP contribution < -0.4 is 10.1 Å². The lowest BCUT2D eigenvalue weighted by molar-refractivity contribution is 0.381. The first-order valence-electron chi connectivity index (χ1n) is 6.88. The van der Waals surface area contributed by atoms with Crippen molar-refractivity contribution in [3.8, 4) is 5.75 Å². The van der Waals surface area contributed by atoms with Gasteiger partial charge in [0.1, 0.15) is 0 Å². The van der Waals surface area contributed by atoms with Crippen LogP contribution in [0, 0.1) is 5.82 Å². The Bertz CT molecular complexity index is 542. The number of methoxy groups -OCH3 is 1. The first-order valence-corrected chi connectivity index (χ1v) is 6.88. The average molecular weight is 273 g/mol. The molecule has 0 radical (unpaired) electrons. The molecule has 2 rings (SSSR count). The van der Waals surface area contributed by atoms with Gasteiger partial charge in [-0.05, 0) is 24.6 Å². The van der Waals surface area contributed by atoms with Crippen LogP contribution >= 0.6 is 0 Å². The molecule has 0 fully saturated rings. The van der Waals surface area contributed by atoms with Crippen LogP contribution in [0.4, 0.5) is 4.39 Å². The van der Waals surface area contributed by atoms with Gasteiger partial charge in [0, 0.05) is 5.56 Å². The first kappa shape index (κ1) is 14.5. The number of hydrogen-bond donors (Lipinski definition) is 1. The minimum Gasteiger partial charge on any atom is -0.494 e. The maximum Gasteiger partial charge on any atom is 0.170 e. The number of ether oxygens (including phenoxy) is 1. The molecule has 1 unspecified atom stereocenters. The Morgan fingerprint density at radius 1 is 1.10 bits per heavy atom. The summed E-state index contributed by atoms with van der Waals surface area (Å²) in [7, 11) is 1.49. The zero-order valence-electron chi connectivity index (χ0n) is 11.9. The van der Waals surface area contributed by atoms with Crippen molar-refractivity contribution in [1.82, 2.24) is 5.32 Å². The fraction of sp³-hybridized carbons (Fsp3) is 0.294. The molecule has 2 aromatic carbocycles. The molecule has 0 saturated carbocycles. The molecule has 0 bridgehead atoms. The molecule has 1 atom stereocenters. The fourth-order valence-electron chi connectivity index (χ4n) is 2.25. The molecule has 0 amide bonds. The van der Waals surface area contributed by atoms with Crippen molar-refractivity contribution in [3.05, 3.63) is 65.5 Å². The van der Waals surface area contributed by atoms with Gasteiger partial charge >= 0.3 is 0 Å². The highest BCUT2D eigenvalue weighted by molar-refractivity contribution is 5.38.